The molecule has 6 aromatic carbocycles. The Morgan fingerprint density at radius 2 is 0.912 bits per heavy atom. The molecule has 6 heteroatoms. The zero-order valence-corrected chi connectivity index (χ0v) is 31.1. The molecule has 0 saturated heterocycles. The molecular weight excluding hydrogens is 697 g/mol. The molecule has 0 spiro atoms. The molecule has 8 aromatic rings. The fourth-order valence-electron chi connectivity index (χ4n) is 9.77. The van der Waals surface area contributed by atoms with Crippen LogP contribution in [-0.2, 0) is 5.41 Å². The van der Waals surface area contributed by atoms with Gasteiger partial charge in [0.2, 0.25) is 0 Å². The van der Waals surface area contributed by atoms with E-state index < -0.39 is 0 Å². The van der Waals surface area contributed by atoms with Crippen LogP contribution in [0.4, 0.5) is 0 Å². The minimum absolute atomic E-state index is 0.419. The van der Waals surface area contributed by atoms with Gasteiger partial charge in [-0.15, -0.1) is 0 Å². The normalized spacial score (nSPS) is 19.9. The summed E-state index contributed by atoms with van der Waals surface area (Å²) in [5.74, 6) is 5.37. The molecule has 270 valence electrons. The molecule has 3 aliphatic rings. The van der Waals surface area contributed by atoms with Gasteiger partial charge in [0, 0.05) is 33.4 Å². The van der Waals surface area contributed by atoms with Gasteiger partial charge in [-0.05, 0) is 83.4 Å². The largest absolute Gasteiger partial charge is 0.228 e. The van der Waals surface area contributed by atoms with E-state index in [1.165, 1.54) is 24.8 Å². The Kier molecular flexibility index (Phi) is 7.75. The second-order valence-corrected chi connectivity index (χ2v) is 15.8. The lowest BCUT2D eigenvalue weighted by molar-refractivity contribution is -0.219. The average Bonchev–Trinajstić information content (AvgIpc) is 3.29. The summed E-state index contributed by atoms with van der Waals surface area (Å²) in [5, 5.41) is 9.42. The van der Waals surface area contributed by atoms with Crippen LogP contribution in [0.2, 0.25) is 0 Å². The molecular formula is C51H36N6. The summed E-state index contributed by atoms with van der Waals surface area (Å²) in [7, 11) is 0. The monoisotopic (exact) mass is 732 g/mol. The first-order chi connectivity index (χ1) is 28.1. The minimum Gasteiger partial charge on any atom is -0.228 e. The first kappa shape index (κ1) is 33.3. The number of nitriles is 1. The Morgan fingerprint density at radius 1 is 0.421 bits per heavy atom. The maximum absolute atomic E-state index is 9.42. The van der Waals surface area contributed by atoms with Crippen LogP contribution < -0.4 is 0 Å². The third kappa shape index (κ3) is 5.74. The van der Waals surface area contributed by atoms with Gasteiger partial charge in [-0.2, -0.15) is 5.26 Å². The van der Waals surface area contributed by atoms with Gasteiger partial charge in [-0.25, -0.2) is 24.9 Å². The summed E-state index contributed by atoms with van der Waals surface area (Å²) in [6.07, 6.45) is 4.15. The first-order valence-electron chi connectivity index (χ1n) is 19.7. The summed E-state index contributed by atoms with van der Waals surface area (Å²) in [6.45, 7) is 0. The van der Waals surface area contributed by atoms with Gasteiger partial charge >= 0.3 is 0 Å². The molecule has 3 aliphatic carbocycles. The SMILES string of the molecule is N#Cc1cccc(-c2ccc(-c3nc(-c4ccccc4)cc(-c4cccc(-c5nc(-c6ccccc6)nc(-c6ccc(C78CC9CC(C7)C98)cc6)n5)c4)n3)cc2)c1. The number of rotatable bonds is 8. The van der Waals surface area contributed by atoms with Gasteiger partial charge in [0.15, 0.2) is 23.3 Å². The van der Waals surface area contributed by atoms with Gasteiger partial charge < -0.3 is 0 Å². The van der Waals surface area contributed by atoms with Gasteiger partial charge in [-0.3, -0.25) is 0 Å². The summed E-state index contributed by atoms with van der Waals surface area (Å²) in [6, 6.07) is 57.8. The quantitative estimate of drug-likeness (QED) is 0.155. The van der Waals surface area contributed by atoms with E-state index in [4.69, 9.17) is 24.9 Å². The highest BCUT2D eigenvalue weighted by Gasteiger charge is 2.71. The molecule has 3 fully saturated rings. The van der Waals surface area contributed by atoms with Crippen molar-refractivity contribution in [2.75, 3.05) is 0 Å². The van der Waals surface area contributed by atoms with Crippen LogP contribution in [0, 0.1) is 29.1 Å². The van der Waals surface area contributed by atoms with Crippen LogP contribution in [0.3, 0.4) is 0 Å². The molecule has 0 N–H and O–H groups in total. The van der Waals surface area contributed by atoms with E-state index in [1.807, 2.05) is 97.1 Å². The minimum atomic E-state index is 0.419. The molecule has 0 bridgehead atoms. The zero-order chi connectivity index (χ0) is 37.9. The molecule has 2 unspecified atom stereocenters. The maximum Gasteiger partial charge on any atom is 0.164 e. The highest BCUT2D eigenvalue weighted by molar-refractivity contribution is 5.76. The fourth-order valence-corrected chi connectivity index (χ4v) is 9.77. The maximum atomic E-state index is 9.42. The number of benzene rings is 6. The van der Waals surface area contributed by atoms with Gasteiger partial charge in [0.1, 0.15) is 0 Å². The molecule has 0 aliphatic heterocycles. The second-order valence-electron chi connectivity index (χ2n) is 15.8. The van der Waals surface area contributed by atoms with E-state index in [1.54, 1.807) is 0 Å². The van der Waals surface area contributed by atoms with E-state index >= 15 is 0 Å². The Bertz CT molecular complexity index is 2830. The third-order valence-corrected chi connectivity index (χ3v) is 12.6. The van der Waals surface area contributed by atoms with Crippen molar-refractivity contribution in [3.05, 3.63) is 175 Å². The summed E-state index contributed by atoms with van der Waals surface area (Å²) in [5.41, 5.74) is 11.8. The predicted octanol–water partition coefficient (Wildman–Crippen LogP) is 11.5. The van der Waals surface area contributed by atoms with Crippen molar-refractivity contribution in [2.45, 2.75) is 24.7 Å². The number of aromatic nitrogens is 5. The summed E-state index contributed by atoms with van der Waals surface area (Å²) >= 11 is 0. The van der Waals surface area contributed by atoms with Crippen LogP contribution in [0.15, 0.2) is 164 Å². The van der Waals surface area contributed by atoms with Crippen molar-refractivity contribution in [3.8, 4) is 85.3 Å². The summed E-state index contributed by atoms with van der Waals surface area (Å²) in [4.78, 5) is 25.4. The summed E-state index contributed by atoms with van der Waals surface area (Å²) < 4.78 is 0. The molecule has 6 nitrogen and oxygen atoms in total. The van der Waals surface area contributed by atoms with Crippen LogP contribution in [0.5, 0.6) is 0 Å². The van der Waals surface area contributed by atoms with E-state index in [9.17, 15) is 5.26 Å². The molecule has 3 saturated carbocycles. The van der Waals surface area contributed by atoms with Gasteiger partial charge in [-0.1, -0.05) is 140 Å². The molecule has 11 rings (SSSR count). The third-order valence-electron chi connectivity index (χ3n) is 12.6. The van der Waals surface area contributed by atoms with Crippen LogP contribution >= 0.6 is 0 Å². The smallest absolute Gasteiger partial charge is 0.164 e. The number of hydrogen-bond donors (Lipinski definition) is 0. The molecule has 0 amide bonds. The van der Waals surface area contributed by atoms with Crippen molar-refractivity contribution in [1.82, 2.24) is 24.9 Å². The van der Waals surface area contributed by atoms with Crippen LogP contribution in [-0.4, -0.2) is 24.9 Å². The lowest BCUT2D eigenvalue weighted by atomic mass is 9.28. The number of hydrogen-bond acceptors (Lipinski definition) is 6. The number of nitrogens with zero attached hydrogens (tertiary/aromatic N) is 6. The zero-order valence-electron chi connectivity index (χ0n) is 31.1. The highest BCUT2D eigenvalue weighted by Crippen LogP contribution is 2.77. The predicted molar refractivity (Wildman–Crippen MR) is 224 cm³/mol. The fraction of sp³-hybridized carbons (Fsp3) is 0.137. The van der Waals surface area contributed by atoms with Crippen LogP contribution in [0.25, 0.3) is 79.2 Å². The van der Waals surface area contributed by atoms with Gasteiger partial charge in [0.25, 0.3) is 0 Å². The Morgan fingerprint density at radius 3 is 1.54 bits per heavy atom. The van der Waals surface area contributed by atoms with E-state index in [2.05, 4.69) is 72.8 Å². The average molecular weight is 733 g/mol. The molecule has 2 aromatic heterocycles. The van der Waals surface area contributed by atoms with E-state index in [-0.39, 0.29) is 0 Å². The van der Waals surface area contributed by atoms with Gasteiger partial charge in [0.05, 0.1) is 23.0 Å². The molecule has 0 radical (unpaired) electrons. The van der Waals surface area contributed by atoms with Crippen molar-refractivity contribution >= 4 is 0 Å². The van der Waals surface area contributed by atoms with Crippen molar-refractivity contribution in [3.63, 3.8) is 0 Å². The lowest BCUT2D eigenvalue weighted by Crippen LogP contribution is -2.71. The Hall–Kier alpha value is -7.10. The van der Waals surface area contributed by atoms with E-state index in [0.29, 0.717) is 34.3 Å². The molecule has 2 atom stereocenters. The lowest BCUT2D eigenvalue weighted by Gasteiger charge is -2.76. The first-order valence-corrected chi connectivity index (χ1v) is 19.7. The Balaban J connectivity index is 0.975. The second kappa shape index (κ2) is 13.3. The van der Waals surface area contributed by atoms with Crippen LogP contribution in [0.1, 0.15) is 30.4 Å². The van der Waals surface area contributed by atoms with Crippen molar-refractivity contribution in [1.29, 1.82) is 5.26 Å². The Labute approximate surface area is 331 Å². The van der Waals surface area contributed by atoms with E-state index in [0.717, 1.165) is 73.6 Å². The standard InChI is InChI=1S/C51H36N6/c52-31-32-9-7-14-38(25-32)33-17-19-36(20-18-33)47-53-44(34-10-3-1-4-11-34)28-45(54-47)39-15-8-16-40(26-39)50-56-48(35-12-5-2-6-13-35)55-49(57-50)37-21-23-43(24-22-37)51-29-41-27-42(30-51)46(41)51/h1-26,28,41-42,46H,27,29-30H2. The highest BCUT2D eigenvalue weighted by atomic mass is 15.0. The molecule has 57 heavy (non-hydrogen) atoms. The van der Waals surface area contributed by atoms with Crippen molar-refractivity contribution in [2.24, 2.45) is 17.8 Å². The van der Waals surface area contributed by atoms with Crippen molar-refractivity contribution < 1.29 is 0 Å². The molecule has 2 heterocycles. The topological polar surface area (TPSA) is 88.2 Å².